The Balaban J connectivity index is 0.886. The van der Waals surface area contributed by atoms with Gasteiger partial charge in [0.25, 0.3) is 0 Å². The first kappa shape index (κ1) is 47.5. The molecule has 1 atom stereocenters. The highest BCUT2D eigenvalue weighted by molar-refractivity contribution is 9.10. The molecular weight excluding hydrogens is 927 g/mol. The van der Waals surface area contributed by atoms with E-state index in [9.17, 15) is 14.2 Å². The molecule has 13 nitrogen and oxygen atoms in total. The Morgan fingerprint density at radius 2 is 1.62 bits per heavy atom. The zero-order valence-electron chi connectivity index (χ0n) is 38.4. The monoisotopic (exact) mass is 985 g/mol. The molecule has 0 bridgehead atoms. The average molecular weight is 987 g/mol. The Bertz CT molecular complexity index is 2650. The van der Waals surface area contributed by atoms with Crippen molar-refractivity contribution in [2.24, 2.45) is 0 Å². The average Bonchev–Trinajstić information content (AvgIpc) is 3.30. The van der Waals surface area contributed by atoms with Crippen LogP contribution in [0.2, 0.25) is 0 Å². The van der Waals surface area contributed by atoms with Gasteiger partial charge in [0.05, 0.1) is 33.9 Å². The first-order valence-electron chi connectivity index (χ1n) is 23.1. The number of pyridine rings is 1. The maximum atomic E-state index is 15.1. The van der Waals surface area contributed by atoms with E-state index in [0.29, 0.717) is 58.9 Å². The number of piperidine rings is 2. The molecule has 1 unspecified atom stereocenters. The van der Waals surface area contributed by atoms with E-state index in [1.54, 1.807) is 19.5 Å². The summed E-state index contributed by atoms with van der Waals surface area (Å²) in [6.07, 6.45) is 6.08. The molecule has 0 radical (unpaired) electrons. The molecular formula is C49H59BrF2N9O4P. The topological polar surface area (TPSA) is 145 Å². The lowest BCUT2D eigenvalue weighted by molar-refractivity contribution is -0.134. The summed E-state index contributed by atoms with van der Waals surface area (Å²) in [7, 11) is -2.75. The number of hydrogen-bond donors (Lipinski definition) is 3. The number of hydrogen-bond acceptors (Lipinski definition) is 12. The number of carbonyl (C=O) groups excluding carboxylic acids is 2. The minimum absolute atomic E-state index is 0.0645. The summed E-state index contributed by atoms with van der Waals surface area (Å²) in [6, 6.07) is 15.3. The summed E-state index contributed by atoms with van der Waals surface area (Å²) < 4.78 is 50.9. The summed E-state index contributed by atoms with van der Waals surface area (Å²) >= 11 is 3.63. The molecule has 3 saturated heterocycles. The van der Waals surface area contributed by atoms with Gasteiger partial charge in [-0.3, -0.25) is 24.8 Å². The van der Waals surface area contributed by atoms with Crippen LogP contribution in [0.15, 0.2) is 59.2 Å². The lowest BCUT2D eigenvalue weighted by Crippen LogP contribution is -2.53. The fraction of sp³-hybridized carbons (Fsp3) is 0.449. The number of aryl methyl sites for hydroxylation is 2. The lowest BCUT2D eigenvalue weighted by Gasteiger charge is -2.43. The molecule has 66 heavy (non-hydrogen) atoms. The number of imide groups is 1. The van der Waals surface area contributed by atoms with Crippen LogP contribution in [0.5, 0.6) is 5.75 Å². The van der Waals surface area contributed by atoms with Gasteiger partial charge in [0, 0.05) is 98.2 Å². The number of ether oxygens (including phenoxy) is 1. The van der Waals surface area contributed by atoms with Crippen molar-refractivity contribution in [1.29, 1.82) is 0 Å². The Kier molecular flexibility index (Phi) is 14.7. The molecule has 3 aliphatic rings. The van der Waals surface area contributed by atoms with E-state index < -0.39 is 36.5 Å². The minimum Gasteiger partial charge on any atom is -0.492 e. The van der Waals surface area contributed by atoms with Crippen molar-refractivity contribution >= 4 is 79.9 Å². The van der Waals surface area contributed by atoms with Gasteiger partial charge in [-0.1, -0.05) is 19.9 Å². The molecule has 3 N–H and O–H groups in total. The van der Waals surface area contributed by atoms with Gasteiger partial charge in [-0.25, -0.2) is 13.8 Å². The van der Waals surface area contributed by atoms with Gasteiger partial charge in [0.2, 0.25) is 17.8 Å². The Morgan fingerprint density at radius 1 is 0.879 bits per heavy atom. The summed E-state index contributed by atoms with van der Waals surface area (Å²) in [4.78, 5) is 45.5. The van der Waals surface area contributed by atoms with Gasteiger partial charge in [0.15, 0.2) is 0 Å². The van der Waals surface area contributed by atoms with E-state index in [4.69, 9.17) is 14.7 Å². The Morgan fingerprint density at radius 3 is 2.29 bits per heavy atom. The predicted molar refractivity (Wildman–Crippen MR) is 262 cm³/mol. The van der Waals surface area contributed by atoms with Gasteiger partial charge in [-0.2, -0.15) is 4.98 Å². The van der Waals surface area contributed by atoms with Crippen LogP contribution in [-0.2, 0) is 33.4 Å². The van der Waals surface area contributed by atoms with E-state index in [-0.39, 0.29) is 18.4 Å². The van der Waals surface area contributed by atoms with E-state index >= 15 is 8.78 Å². The van der Waals surface area contributed by atoms with E-state index in [2.05, 4.69) is 77.5 Å². The van der Waals surface area contributed by atoms with Gasteiger partial charge in [0.1, 0.15) is 30.3 Å². The van der Waals surface area contributed by atoms with Crippen molar-refractivity contribution in [2.45, 2.75) is 77.7 Å². The number of amides is 2. The van der Waals surface area contributed by atoms with Crippen molar-refractivity contribution in [3.05, 3.63) is 93.2 Å². The highest BCUT2D eigenvalue weighted by Gasteiger charge is 2.33. The van der Waals surface area contributed by atoms with Crippen LogP contribution in [0.3, 0.4) is 0 Å². The summed E-state index contributed by atoms with van der Waals surface area (Å²) in [6.45, 7) is 16.4. The smallest absolute Gasteiger partial charge is 0.234 e. The predicted octanol–water partition coefficient (Wildman–Crippen LogP) is 8.67. The second kappa shape index (κ2) is 20.5. The number of carbonyl (C=O) groups is 2. The third-order valence-electron chi connectivity index (χ3n) is 13.1. The fourth-order valence-corrected chi connectivity index (χ4v) is 11.4. The first-order chi connectivity index (χ1) is 31.7. The number of halogens is 3. The molecule has 5 heterocycles. The van der Waals surface area contributed by atoms with Gasteiger partial charge >= 0.3 is 0 Å². The van der Waals surface area contributed by atoms with Crippen molar-refractivity contribution in [2.75, 3.05) is 81.3 Å². The van der Waals surface area contributed by atoms with Crippen molar-refractivity contribution < 1.29 is 27.7 Å². The largest absolute Gasteiger partial charge is 0.492 e. The minimum atomic E-state index is -2.75. The first-order valence-corrected chi connectivity index (χ1v) is 26.5. The van der Waals surface area contributed by atoms with Crippen LogP contribution in [-0.4, -0.2) is 108 Å². The highest BCUT2D eigenvalue weighted by Crippen LogP contribution is 2.43. The number of piperazine rings is 1. The van der Waals surface area contributed by atoms with Gasteiger partial charge in [-0.15, -0.1) is 0 Å². The lowest BCUT2D eigenvalue weighted by atomic mass is 9.89. The third-order valence-corrected chi connectivity index (χ3v) is 15.2. The molecule has 17 heteroatoms. The van der Waals surface area contributed by atoms with Crippen LogP contribution >= 0.6 is 23.1 Å². The number of rotatable bonds is 15. The van der Waals surface area contributed by atoms with Crippen LogP contribution in [0, 0.1) is 11.6 Å². The maximum Gasteiger partial charge on any atom is 0.234 e. The fourth-order valence-electron chi connectivity index (χ4n) is 9.63. The van der Waals surface area contributed by atoms with Crippen LogP contribution in [0.4, 0.5) is 37.6 Å². The number of fused-ring (bicyclic) bond motifs is 1. The van der Waals surface area contributed by atoms with Crippen molar-refractivity contribution in [3.63, 3.8) is 0 Å². The number of aromatic nitrogens is 3. The molecule has 0 spiro atoms. The van der Waals surface area contributed by atoms with Crippen molar-refractivity contribution in [1.82, 2.24) is 30.1 Å². The Hall–Kier alpha value is -5.02. The van der Waals surface area contributed by atoms with E-state index in [0.717, 1.165) is 92.5 Å². The summed E-state index contributed by atoms with van der Waals surface area (Å²) in [5, 5.41) is 10.7. The normalized spacial score (nSPS) is 17.9. The molecule has 2 aromatic heterocycles. The molecule has 3 aliphatic heterocycles. The summed E-state index contributed by atoms with van der Waals surface area (Å²) in [5.41, 5.74) is 5.93. The van der Waals surface area contributed by atoms with Crippen LogP contribution in [0.25, 0.3) is 10.9 Å². The van der Waals surface area contributed by atoms with Gasteiger partial charge < -0.3 is 29.7 Å². The van der Waals surface area contributed by atoms with Gasteiger partial charge in [-0.05, 0) is 122 Å². The molecule has 3 fully saturated rings. The molecule has 8 rings (SSSR count). The molecule has 3 aromatic carbocycles. The molecule has 0 aliphatic carbocycles. The van der Waals surface area contributed by atoms with E-state index in [1.165, 1.54) is 23.4 Å². The SMILES string of the molecule is CCOc1cc(N2CCC(N3CCN(CCc4cc(F)c(C5CCC(=O)NC5=O)c(F)c4)CC3)CC2)c(CC)cc1Nc1ncc(Br)c(Nc2ccc3nc(CC)ccc3c2P(C)(C)=O)n1. The van der Waals surface area contributed by atoms with Crippen LogP contribution in [0.1, 0.15) is 74.8 Å². The molecule has 0 saturated carbocycles. The molecule has 2 amide bonds. The zero-order valence-corrected chi connectivity index (χ0v) is 40.8. The number of nitrogens with zero attached hydrogens (tertiary/aromatic N) is 6. The number of anilines is 5. The van der Waals surface area contributed by atoms with Crippen LogP contribution < -0.4 is 30.9 Å². The number of benzene rings is 3. The van der Waals surface area contributed by atoms with Crippen molar-refractivity contribution in [3.8, 4) is 5.75 Å². The quantitative estimate of drug-likeness (QED) is 0.0682. The summed E-state index contributed by atoms with van der Waals surface area (Å²) in [5.74, 6) is -1.90. The maximum absolute atomic E-state index is 15.1. The number of nitrogens with one attached hydrogen (secondary N) is 3. The zero-order chi connectivity index (χ0) is 46.7. The molecule has 350 valence electrons. The second-order valence-electron chi connectivity index (χ2n) is 17.8. The second-order valence-corrected chi connectivity index (χ2v) is 21.8. The highest BCUT2D eigenvalue weighted by atomic mass is 79.9. The Labute approximate surface area is 394 Å². The standard InChI is InChI=1S/C49H59BrF2N9O4P/c1-6-31-27-41(56-49-53-29-36(50)47(58-49)55-40-13-12-39-34(46(40)66(4,5)64)10-9-32(7-2)54-39)43(65-8-3)28-42(31)61-19-16-33(17-20-61)60-23-21-59(22-24-60)18-15-30-25-37(51)45(38(52)26-30)35-11-14-44(62)57-48(35)63/h9-10,12-13,25-29,33,35H,6-8,11,14-24H2,1-5H3,(H,57,62,63)(H2,53,55,56,58). The molecule has 5 aromatic rings. The van der Waals surface area contributed by atoms with E-state index in [1.807, 2.05) is 31.2 Å². The third kappa shape index (κ3) is 10.6.